The van der Waals surface area contributed by atoms with Crippen molar-refractivity contribution in [2.24, 2.45) is 0 Å². The van der Waals surface area contributed by atoms with Crippen LogP contribution in [0.4, 0.5) is 10.8 Å². The van der Waals surface area contributed by atoms with Gasteiger partial charge in [0.25, 0.3) is 5.91 Å². The smallest absolute Gasteiger partial charge is 0.257 e. The number of aromatic nitrogens is 1. The van der Waals surface area contributed by atoms with Crippen LogP contribution in [0.2, 0.25) is 0 Å². The summed E-state index contributed by atoms with van der Waals surface area (Å²) in [6.07, 6.45) is 1.63. The van der Waals surface area contributed by atoms with Gasteiger partial charge in [-0.2, -0.15) is 0 Å². The van der Waals surface area contributed by atoms with Crippen LogP contribution in [0.1, 0.15) is 17.3 Å². The maximum absolute atomic E-state index is 11.9. The highest BCUT2D eigenvalue weighted by Crippen LogP contribution is 2.23. The van der Waals surface area contributed by atoms with Crippen molar-refractivity contribution < 1.29 is 9.53 Å². The van der Waals surface area contributed by atoms with Crippen molar-refractivity contribution >= 4 is 28.1 Å². The summed E-state index contributed by atoms with van der Waals surface area (Å²) in [5.41, 5.74) is 6.73. The van der Waals surface area contributed by atoms with Gasteiger partial charge in [-0.15, -0.1) is 11.3 Å². The SMILES string of the molecule is CCOc1ccc(C(=O)Nc2nccs2)cc1N. The summed E-state index contributed by atoms with van der Waals surface area (Å²) in [4.78, 5) is 15.9. The number of anilines is 2. The molecule has 2 aromatic rings. The van der Waals surface area contributed by atoms with Gasteiger partial charge in [0.15, 0.2) is 5.13 Å². The van der Waals surface area contributed by atoms with E-state index in [0.29, 0.717) is 28.7 Å². The predicted molar refractivity (Wildman–Crippen MR) is 72.1 cm³/mol. The maximum atomic E-state index is 11.9. The first kappa shape index (κ1) is 12.4. The van der Waals surface area contributed by atoms with E-state index in [-0.39, 0.29) is 5.91 Å². The molecular formula is C12H13N3O2S. The number of nitrogens with zero attached hydrogens (tertiary/aromatic N) is 1. The molecule has 0 atom stereocenters. The van der Waals surface area contributed by atoms with Gasteiger partial charge in [-0.3, -0.25) is 10.1 Å². The first-order chi connectivity index (χ1) is 8.70. The molecule has 1 heterocycles. The Hall–Kier alpha value is -2.08. The van der Waals surface area contributed by atoms with Crippen molar-refractivity contribution in [3.8, 4) is 5.75 Å². The molecule has 0 aliphatic rings. The van der Waals surface area contributed by atoms with E-state index in [9.17, 15) is 4.79 Å². The molecule has 3 N–H and O–H groups in total. The lowest BCUT2D eigenvalue weighted by Crippen LogP contribution is -2.12. The average Bonchev–Trinajstić information content (AvgIpc) is 2.84. The first-order valence-electron chi connectivity index (χ1n) is 5.44. The quantitative estimate of drug-likeness (QED) is 0.830. The lowest BCUT2D eigenvalue weighted by Gasteiger charge is -2.08. The number of amides is 1. The van der Waals surface area contributed by atoms with Gasteiger partial charge in [-0.25, -0.2) is 4.98 Å². The normalized spacial score (nSPS) is 10.1. The van der Waals surface area contributed by atoms with Crippen LogP contribution in [-0.2, 0) is 0 Å². The van der Waals surface area contributed by atoms with Gasteiger partial charge in [0.1, 0.15) is 5.75 Å². The highest BCUT2D eigenvalue weighted by Gasteiger charge is 2.10. The van der Waals surface area contributed by atoms with Crippen LogP contribution in [0.5, 0.6) is 5.75 Å². The summed E-state index contributed by atoms with van der Waals surface area (Å²) in [5, 5.41) is 5.05. The summed E-state index contributed by atoms with van der Waals surface area (Å²) in [5.74, 6) is 0.350. The molecule has 0 aliphatic carbocycles. The second kappa shape index (κ2) is 5.50. The lowest BCUT2D eigenvalue weighted by molar-refractivity contribution is 0.102. The van der Waals surface area contributed by atoms with Gasteiger partial charge >= 0.3 is 0 Å². The minimum Gasteiger partial charge on any atom is -0.492 e. The van der Waals surface area contributed by atoms with E-state index in [1.54, 1.807) is 29.8 Å². The Bertz CT molecular complexity index is 540. The number of hydrogen-bond donors (Lipinski definition) is 2. The van der Waals surface area contributed by atoms with E-state index in [0.717, 1.165) is 0 Å². The third kappa shape index (κ3) is 2.78. The zero-order chi connectivity index (χ0) is 13.0. The standard InChI is InChI=1S/C12H13N3O2S/c1-2-17-10-4-3-8(7-9(10)13)11(16)15-12-14-5-6-18-12/h3-7H,2,13H2,1H3,(H,14,15,16). The number of carbonyl (C=O) groups excluding carboxylic acids is 1. The number of carbonyl (C=O) groups is 1. The highest BCUT2D eigenvalue weighted by molar-refractivity contribution is 7.13. The second-order valence-electron chi connectivity index (χ2n) is 3.48. The van der Waals surface area contributed by atoms with E-state index < -0.39 is 0 Å². The Kier molecular flexibility index (Phi) is 3.78. The Morgan fingerprint density at radius 3 is 3.00 bits per heavy atom. The van der Waals surface area contributed by atoms with Crippen molar-refractivity contribution in [1.29, 1.82) is 0 Å². The van der Waals surface area contributed by atoms with Gasteiger partial charge in [0.05, 0.1) is 12.3 Å². The number of rotatable bonds is 4. The minimum absolute atomic E-state index is 0.236. The van der Waals surface area contributed by atoms with Crippen molar-refractivity contribution in [2.45, 2.75) is 6.92 Å². The third-order valence-electron chi connectivity index (χ3n) is 2.22. The summed E-state index contributed by atoms with van der Waals surface area (Å²) >= 11 is 1.36. The summed E-state index contributed by atoms with van der Waals surface area (Å²) in [7, 11) is 0. The van der Waals surface area contributed by atoms with Gasteiger partial charge in [0, 0.05) is 17.1 Å². The zero-order valence-corrected chi connectivity index (χ0v) is 10.7. The summed E-state index contributed by atoms with van der Waals surface area (Å²) in [6, 6.07) is 4.95. The first-order valence-corrected chi connectivity index (χ1v) is 6.32. The largest absolute Gasteiger partial charge is 0.492 e. The number of nitrogen functional groups attached to an aromatic ring is 1. The molecule has 1 aromatic carbocycles. The van der Waals surface area contributed by atoms with Crippen LogP contribution >= 0.6 is 11.3 Å². The van der Waals surface area contributed by atoms with Crippen molar-refractivity contribution in [3.63, 3.8) is 0 Å². The van der Waals surface area contributed by atoms with Crippen LogP contribution in [0, 0.1) is 0 Å². The van der Waals surface area contributed by atoms with Crippen LogP contribution < -0.4 is 15.8 Å². The fraction of sp³-hybridized carbons (Fsp3) is 0.167. The molecule has 0 spiro atoms. The monoisotopic (exact) mass is 263 g/mol. The number of hydrogen-bond acceptors (Lipinski definition) is 5. The number of nitrogens with one attached hydrogen (secondary N) is 1. The number of thiazole rings is 1. The molecule has 2 rings (SSSR count). The van der Waals surface area contributed by atoms with Crippen molar-refractivity contribution in [3.05, 3.63) is 35.3 Å². The Balaban J connectivity index is 2.13. The zero-order valence-electron chi connectivity index (χ0n) is 9.84. The fourth-order valence-electron chi connectivity index (χ4n) is 1.43. The number of nitrogens with two attached hydrogens (primary N) is 1. The minimum atomic E-state index is -0.236. The molecule has 0 aliphatic heterocycles. The molecule has 0 unspecified atom stereocenters. The highest BCUT2D eigenvalue weighted by atomic mass is 32.1. The van der Waals surface area contributed by atoms with E-state index in [1.165, 1.54) is 11.3 Å². The molecule has 0 bridgehead atoms. The maximum Gasteiger partial charge on any atom is 0.257 e. The summed E-state index contributed by atoms with van der Waals surface area (Å²) < 4.78 is 5.31. The van der Waals surface area contributed by atoms with E-state index in [2.05, 4.69) is 10.3 Å². The van der Waals surface area contributed by atoms with E-state index in [4.69, 9.17) is 10.5 Å². The average molecular weight is 263 g/mol. The van der Waals surface area contributed by atoms with E-state index >= 15 is 0 Å². The third-order valence-corrected chi connectivity index (χ3v) is 2.91. The van der Waals surface area contributed by atoms with Crippen molar-refractivity contribution in [2.75, 3.05) is 17.7 Å². The second-order valence-corrected chi connectivity index (χ2v) is 4.37. The topological polar surface area (TPSA) is 77.2 Å². The van der Waals surface area contributed by atoms with Crippen LogP contribution in [0.25, 0.3) is 0 Å². The van der Waals surface area contributed by atoms with Crippen LogP contribution in [-0.4, -0.2) is 17.5 Å². The Labute approximate surface area is 109 Å². The van der Waals surface area contributed by atoms with Gasteiger partial charge in [0.2, 0.25) is 0 Å². The van der Waals surface area contributed by atoms with Crippen LogP contribution in [0.3, 0.4) is 0 Å². The van der Waals surface area contributed by atoms with E-state index in [1.807, 2.05) is 6.92 Å². The number of ether oxygens (including phenoxy) is 1. The molecule has 94 valence electrons. The fourth-order valence-corrected chi connectivity index (χ4v) is 1.96. The molecule has 1 aromatic heterocycles. The lowest BCUT2D eigenvalue weighted by atomic mass is 10.2. The van der Waals surface area contributed by atoms with Crippen molar-refractivity contribution in [1.82, 2.24) is 4.98 Å². The van der Waals surface area contributed by atoms with Gasteiger partial charge in [-0.1, -0.05) is 0 Å². The molecule has 5 nitrogen and oxygen atoms in total. The molecule has 18 heavy (non-hydrogen) atoms. The van der Waals surface area contributed by atoms with Gasteiger partial charge in [-0.05, 0) is 25.1 Å². The summed E-state index contributed by atoms with van der Waals surface area (Å²) in [6.45, 7) is 2.41. The molecule has 0 radical (unpaired) electrons. The molecule has 1 amide bonds. The Morgan fingerprint density at radius 2 is 2.39 bits per heavy atom. The molecule has 0 fully saturated rings. The molecular weight excluding hydrogens is 250 g/mol. The molecule has 0 saturated heterocycles. The molecule has 6 heteroatoms. The van der Waals surface area contributed by atoms with Crippen LogP contribution in [0.15, 0.2) is 29.8 Å². The predicted octanol–water partition coefficient (Wildman–Crippen LogP) is 2.38. The van der Waals surface area contributed by atoms with Gasteiger partial charge < -0.3 is 10.5 Å². The molecule has 0 saturated carbocycles. The number of benzene rings is 1. The Morgan fingerprint density at radius 1 is 1.56 bits per heavy atom.